The molecular formula is C20H28N2O3. The Morgan fingerprint density at radius 2 is 1.84 bits per heavy atom. The van der Waals surface area contributed by atoms with Gasteiger partial charge in [0.25, 0.3) is 0 Å². The van der Waals surface area contributed by atoms with Gasteiger partial charge in [-0.25, -0.2) is 0 Å². The Hall–Kier alpha value is -2.30. The number of carbonyl (C=O) groups excluding carboxylic acids is 2. The highest BCUT2D eigenvalue weighted by molar-refractivity contribution is 5.92. The van der Waals surface area contributed by atoms with E-state index in [1.54, 1.807) is 22.8 Å². The molecule has 0 saturated carbocycles. The Bertz CT molecular complexity index is 627. The SMILES string of the molecule is CCC(C)Oc1ccccc1C=CC(=O)N1CCCN(C(C)=O)CC1. The molecule has 2 amide bonds. The lowest BCUT2D eigenvalue weighted by Gasteiger charge is -2.20. The summed E-state index contributed by atoms with van der Waals surface area (Å²) in [4.78, 5) is 27.6. The molecule has 25 heavy (non-hydrogen) atoms. The fourth-order valence-electron chi connectivity index (χ4n) is 2.74. The molecule has 0 N–H and O–H groups in total. The van der Waals surface area contributed by atoms with E-state index < -0.39 is 0 Å². The van der Waals surface area contributed by atoms with Crippen molar-refractivity contribution in [3.05, 3.63) is 35.9 Å². The van der Waals surface area contributed by atoms with Crippen molar-refractivity contribution in [3.8, 4) is 5.75 Å². The first-order valence-corrected chi connectivity index (χ1v) is 8.99. The first-order chi connectivity index (χ1) is 12.0. The Balaban J connectivity index is 2.01. The van der Waals surface area contributed by atoms with Crippen molar-refractivity contribution in [2.75, 3.05) is 26.2 Å². The molecule has 136 valence electrons. The zero-order chi connectivity index (χ0) is 18.2. The molecule has 5 heteroatoms. The second-order valence-corrected chi connectivity index (χ2v) is 6.39. The van der Waals surface area contributed by atoms with E-state index in [4.69, 9.17) is 4.74 Å². The van der Waals surface area contributed by atoms with Gasteiger partial charge in [0.05, 0.1) is 6.10 Å². The number of nitrogens with zero attached hydrogens (tertiary/aromatic N) is 2. The highest BCUT2D eigenvalue weighted by atomic mass is 16.5. The molecule has 0 aliphatic carbocycles. The summed E-state index contributed by atoms with van der Waals surface area (Å²) in [5.74, 6) is 0.837. The minimum Gasteiger partial charge on any atom is -0.490 e. The van der Waals surface area contributed by atoms with E-state index in [0.29, 0.717) is 26.2 Å². The Labute approximate surface area is 150 Å². The van der Waals surface area contributed by atoms with Gasteiger partial charge in [-0.1, -0.05) is 25.1 Å². The third-order valence-corrected chi connectivity index (χ3v) is 4.48. The zero-order valence-electron chi connectivity index (χ0n) is 15.4. The van der Waals surface area contributed by atoms with Gasteiger partial charge in [-0.15, -0.1) is 0 Å². The molecule has 1 heterocycles. The smallest absolute Gasteiger partial charge is 0.246 e. The van der Waals surface area contributed by atoms with Crippen LogP contribution in [0.15, 0.2) is 30.3 Å². The first kappa shape index (κ1) is 19.0. The van der Waals surface area contributed by atoms with Crippen molar-refractivity contribution in [3.63, 3.8) is 0 Å². The molecule has 1 aromatic rings. The zero-order valence-corrected chi connectivity index (χ0v) is 15.4. The maximum Gasteiger partial charge on any atom is 0.246 e. The van der Waals surface area contributed by atoms with Crippen molar-refractivity contribution < 1.29 is 14.3 Å². The van der Waals surface area contributed by atoms with Gasteiger partial charge in [0.15, 0.2) is 0 Å². The lowest BCUT2D eigenvalue weighted by atomic mass is 10.1. The van der Waals surface area contributed by atoms with Crippen LogP contribution in [0.4, 0.5) is 0 Å². The van der Waals surface area contributed by atoms with Crippen LogP contribution < -0.4 is 4.74 Å². The molecule has 0 radical (unpaired) electrons. The molecule has 1 atom stereocenters. The van der Waals surface area contributed by atoms with Crippen LogP contribution in [0.25, 0.3) is 6.08 Å². The topological polar surface area (TPSA) is 49.9 Å². The Morgan fingerprint density at radius 1 is 1.16 bits per heavy atom. The number of rotatable bonds is 5. The van der Waals surface area contributed by atoms with Crippen molar-refractivity contribution in [1.29, 1.82) is 0 Å². The molecule has 1 unspecified atom stereocenters. The number of ether oxygens (including phenoxy) is 1. The van der Waals surface area contributed by atoms with Gasteiger partial charge in [-0.05, 0) is 31.9 Å². The van der Waals surface area contributed by atoms with Gasteiger partial charge in [0, 0.05) is 44.7 Å². The largest absolute Gasteiger partial charge is 0.490 e. The second-order valence-electron chi connectivity index (χ2n) is 6.39. The van der Waals surface area contributed by atoms with Crippen LogP contribution in [-0.2, 0) is 9.59 Å². The van der Waals surface area contributed by atoms with Crippen LogP contribution in [0.1, 0.15) is 39.2 Å². The summed E-state index contributed by atoms with van der Waals surface area (Å²) in [6.07, 6.45) is 5.29. The van der Waals surface area contributed by atoms with E-state index in [0.717, 1.165) is 24.2 Å². The van der Waals surface area contributed by atoms with E-state index in [1.807, 2.05) is 37.3 Å². The fraction of sp³-hybridized carbons (Fsp3) is 0.500. The molecular weight excluding hydrogens is 316 g/mol. The van der Waals surface area contributed by atoms with E-state index in [9.17, 15) is 9.59 Å². The summed E-state index contributed by atoms with van der Waals surface area (Å²) in [7, 11) is 0. The van der Waals surface area contributed by atoms with Crippen molar-refractivity contribution in [2.45, 2.75) is 39.7 Å². The average Bonchev–Trinajstić information content (AvgIpc) is 2.87. The summed E-state index contributed by atoms with van der Waals surface area (Å²) in [6.45, 7) is 8.26. The maximum absolute atomic E-state index is 12.5. The summed E-state index contributed by atoms with van der Waals surface area (Å²) in [5, 5.41) is 0. The van der Waals surface area contributed by atoms with Crippen LogP contribution in [0, 0.1) is 0 Å². The van der Waals surface area contributed by atoms with Crippen molar-refractivity contribution >= 4 is 17.9 Å². The number of amides is 2. The van der Waals surface area contributed by atoms with Crippen LogP contribution in [-0.4, -0.2) is 53.9 Å². The van der Waals surface area contributed by atoms with Crippen LogP contribution in [0.5, 0.6) is 5.75 Å². The third kappa shape index (κ3) is 5.62. The average molecular weight is 344 g/mol. The minimum absolute atomic E-state index is 0.0243. The highest BCUT2D eigenvalue weighted by Crippen LogP contribution is 2.21. The maximum atomic E-state index is 12.5. The number of hydrogen-bond acceptors (Lipinski definition) is 3. The standard InChI is InChI=1S/C20H28N2O3/c1-4-16(2)25-19-9-6-5-8-18(19)10-11-20(24)22-13-7-12-21(14-15-22)17(3)23/h5-6,8-11,16H,4,7,12-15H2,1-3H3. The molecule has 0 bridgehead atoms. The molecule has 1 fully saturated rings. The second kappa shape index (κ2) is 9.25. The monoisotopic (exact) mass is 344 g/mol. The van der Waals surface area contributed by atoms with Crippen LogP contribution in [0.2, 0.25) is 0 Å². The van der Waals surface area contributed by atoms with E-state index in [1.165, 1.54) is 0 Å². The van der Waals surface area contributed by atoms with Crippen LogP contribution in [0.3, 0.4) is 0 Å². The van der Waals surface area contributed by atoms with E-state index >= 15 is 0 Å². The minimum atomic E-state index is -0.0243. The lowest BCUT2D eigenvalue weighted by Crippen LogP contribution is -2.35. The first-order valence-electron chi connectivity index (χ1n) is 8.99. The van der Waals surface area contributed by atoms with Crippen molar-refractivity contribution in [2.24, 2.45) is 0 Å². The molecule has 1 saturated heterocycles. The highest BCUT2D eigenvalue weighted by Gasteiger charge is 2.18. The van der Waals surface area contributed by atoms with Gasteiger partial charge >= 0.3 is 0 Å². The molecule has 1 aliphatic heterocycles. The van der Waals surface area contributed by atoms with Crippen LogP contribution >= 0.6 is 0 Å². The van der Waals surface area contributed by atoms with Gasteiger partial charge in [-0.3, -0.25) is 9.59 Å². The third-order valence-electron chi connectivity index (χ3n) is 4.48. The molecule has 0 aromatic heterocycles. The van der Waals surface area contributed by atoms with Crippen molar-refractivity contribution in [1.82, 2.24) is 9.80 Å². The molecule has 1 aliphatic rings. The van der Waals surface area contributed by atoms with E-state index in [-0.39, 0.29) is 17.9 Å². The quantitative estimate of drug-likeness (QED) is 0.772. The Morgan fingerprint density at radius 3 is 2.56 bits per heavy atom. The summed E-state index contributed by atoms with van der Waals surface area (Å²) < 4.78 is 5.91. The summed E-state index contributed by atoms with van der Waals surface area (Å²) in [6, 6.07) is 7.74. The van der Waals surface area contributed by atoms with Gasteiger partial charge in [-0.2, -0.15) is 0 Å². The van der Waals surface area contributed by atoms with Gasteiger partial charge < -0.3 is 14.5 Å². The molecule has 2 rings (SSSR count). The molecule has 0 spiro atoms. The molecule has 1 aromatic carbocycles. The molecule has 5 nitrogen and oxygen atoms in total. The number of hydrogen-bond donors (Lipinski definition) is 0. The predicted molar refractivity (Wildman–Crippen MR) is 99.3 cm³/mol. The predicted octanol–water partition coefficient (Wildman–Crippen LogP) is 2.96. The summed E-state index contributed by atoms with van der Waals surface area (Å²) >= 11 is 0. The lowest BCUT2D eigenvalue weighted by molar-refractivity contribution is -0.130. The number of benzene rings is 1. The van der Waals surface area contributed by atoms with E-state index in [2.05, 4.69) is 6.92 Å². The number of carbonyl (C=O) groups is 2. The normalized spacial score (nSPS) is 16.6. The summed E-state index contributed by atoms with van der Waals surface area (Å²) in [5.41, 5.74) is 0.899. The fourth-order valence-corrected chi connectivity index (χ4v) is 2.74. The Kier molecular flexibility index (Phi) is 7.04. The van der Waals surface area contributed by atoms with Gasteiger partial charge in [0.1, 0.15) is 5.75 Å². The number of para-hydroxylation sites is 1. The van der Waals surface area contributed by atoms with Gasteiger partial charge in [0.2, 0.25) is 11.8 Å².